The number of phenolic OH excluding ortho intramolecular Hbond substituents is 1. The number of aromatic hydroxyl groups is 1. The van der Waals surface area contributed by atoms with E-state index >= 15 is 0 Å². The number of hydrogen-bond donors (Lipinski definition) is 2. The van der Waals surface area contributed by atoms with Gasteiger partial charge in [-0.05, 0) is 96.7 Å². The lowest BCUT2D eigenvalue weighted by Crippen LogP contribution is -2.18. The van der Waals surface area contributed by atoms with E-state index in [0.717, 1.165) is 65.6 Å². The maximum Gasteiger partial charge on any atom is 0.261 e. The van der Waals surface area contributed by atoms with Gasteiger partial charge >= 0.3 is 0 Å². The third-order valence-electron chi connectivity index (χ3n) is 8.89. The van der Waals surface area contributed by atoms with Gasteiger partial charge in [-0.3, -0.25) is 14.3 Å². The van der Waals surface area contributed by atoms with Gasteiger partial charge in [-0.2, -0.15) is 0 Å². The SMILES string of the molecule is CC(C)SNC(=O)c1ccc2c(C3CCCCC3)c3n(c2c1)CC(c1c(C=O)ncn1C1CC1)=Cc1cc(O)ccc1-3. The average Bonchev–Trinajstić information content (AvgIpc) is 3.71. The van der Waals surface area contributed by atoms with Crippen LogP contribution in [0.5, 0.6) is 5.75 Å². The summed E-state index contributed by atoms with van der Waals surface area (Å²) in [6, 6.07) is 12.1. The second kappa shape index (κ2) is 10.8. The van der Waals surface area contributed by atoms with Crippen LogP contribution in [-0.4, -0.2) is 36.7 Å². The molecule has 0 bridgehead atoms. The number of phenols is 1. The quantitative estimate of drug-likeness (QED) is 0.172. The predicted molar refractivity (Wildman–Crippen MR) is 169 cm³/mol. The topological polar surface area (TPSA) is 89.2 Å². The lowest BCUT2D eigenvalue weighted by atomic mass is 9.81. The number of hydrogen-bond acceptors (Lipinski definition) is 5. The summed E-state index contributed by atoms with van der Waals surface area (Å²) < 4.78 is 7.50. The van der Waals surface area contributed by atoms with Gasteiger partial charge in [0, 0.05) is 33.3 Å². The molecule has 8 heteroatoms. The van der Waals surface area contributed by atoms with Crippen LogP contribution in [0, 0.1) is 0 Å². The summed E-state index contributed by atoms with van der Waals surface area (Å²) in [5.41, 5.74) is 8.38. The normalized spacial score (nSPS) is 17.1. The van der Waals surface area contributed by atoms with Crippen LogP contribution in [0.1, 0.15) is 108 Å². The molecule has 0 spiro atoms. The highest BCUT2D eigenvalue weighted by atomic mass is 32.2. The van der Waals surface area contributed by atoms with E-state index in [9.17, 15) is 14.7 Å². The maximum absolute atomic E-state index is 13.2. The van der Waals surface area contributed by atoms with Gasteiger partial charge in [-0.15, -0.1) is 0 Å². The number of carbonyl (C=O) groups is 2. The molecule has 2 aromatic carbocycles. The van der Waals surface area contributed by atoms with Crippen molar-refractivity contribution in [3.05, 3.63) is 70.8 Å². The number of aromatic nitrogens is 3. The molecule has 2 aliphatic carbocycles. The first kappa shape index (κ1) is 27.1. The molecular formula is C34H36N4O3S. The Labute approximate surface area is 250 Å². The first-order chi connectivity index (χ1) is 20.4. The van der Waals surface area contributed by atoms with Gasteiger partial charge in [0.05, 0.1) is 24.3 Å². The Morgan fingerprint density at radius 2 is 1.88 bits per heavy atom. The minimum atomic E-state index is -0.102. The van der Waals surface area contributed by atoms with Crippen LogP contribution < -0.4 is 4.72 Å². The number of imidazole rings is 1. The van der Waals surface area contributed by atoms with Crippen LogP contribution in [0.25, 0.3) is 33.8 Å². The Morgan fingerprint density at radius 1 is 1.07 bits per heavy atom. The molecule has 3 aliphatic rings. The van der Waals surface area contributed by atoms with Crippen molar-refractivity contribution in [3.63, 3.8) is 0 Å². The van der Waals surface area contributed by atoms with Gasteiger partial charge in [0.1, 0.15) is 11.4 Å². The standard InChI is InChI=1S/C34H36N4O3S/c1-20(2)42-36-34(41)22-8-12-28-30(16-22)37-17-24(32-29(18-39)35-19-38(32)25-9-10-25)14-23-15-26(40)11-13-27(23)33(37)31(28)21-6-4-3-5-7-21/h8,11-16,18-21,25,40H,3-7,9-10,17H2,1-2H3,(H,36,41). The van der Waals surface area contributed by atoms with E-state index in [-0.39, 0.29) is 16.9 Å². The van der Waals surface area contributed by atoms with Crippen molar-refractivity contribution in [2.75, 3.05) is 0 Å². The molecule has 42 heavy (non-hydrogen) atoms. The highest BCUT2D eigenvalue weighted by molar-refractivity contribution is 7.98. The van der Waals surface area contributed by atoms with E-state index in [4.69, 9.17) is 0 Å². The Kier molecular flexibility index (Phi) is 6.97. The van der Waals surface area contributed by atoms with Crippen LogP contribution in [0.3, 0.4) is 0 Å². The molecule has 3 heterocycles. The van der Waals surface area contributed by atoms with Crippen molar-refractivity contribution < 1.29 is 14.7 Å². The van der Waals surface area contributed by atoms with Crippen molar-refractivity contribution in [2.24, 2.45) is 0 Å². The lowest BCUT2D eigenvalue weighted by Gasteiger charge is -2.24. The van der Waals surface area contributed by atoms with Gasteiger partial charge in [0.2, 0.25) is 0 Å². The average molecular weight is 581 g/mol. The summed E-state index contributed by atoms with van der Waals surface area (Å²) in [5, 5.41) is 12.0. The number of aldehydes is 1. The molecule has 0 atom stereocenters. The lowest BCUT2D eigenvalue weighted by molar-refractivity contribution is 0.0984. The number of carbonyl (C=O) groups excluding carboxylic acids is 2. The van der Waals surface area contributed by atoms with Crippen molar-refractivity contribution >= 4 is 46.7 Å². The number of rotatable bonds is 7. The monoisotopic (exact) mass is 580 g/mol. The second-order valence-electron chi connectivity index (χ2n) is 12.2. The second-order valence-corrected chi connectivity index (χ2v) is 13.6. The van der Waals surface area contributed by atoms with Crippen LogP contribution in [0.2, 0.25) is 0 Å². The zero-order valence-electron chi connectivity index (χ0n) is 24.1. The molecule has 2 N–H and O–H groups in total. The molecule has 7 nitrogen and oxygen atoms in total. The van der Waals surface area contributed by atoms with E-state index in [0.29, 0.717) is 29.8 Å². The third kappa shape index (κ3) is 4.75. The predicted octanol–water partition coefficient (Wildman–Crippen LogP) is 7.75. The van der Waals surface area contributed by atoms with Crippen molar-refractivity contribution in [3.8, 4) is 17.0 Å². The molecule has 7 rings (SSSR count). The van der Waals surface area contributed by atoms with Crippen LogP contribution in [0.4, 0.5) is 0 Å². The van der Waals surface area contributed by atoms with Crippen molar-refractivity contribution in [1.82, 2.24) is 18.8 Å². The summed E-state index contributed by atoms with van der Waals surface area (Å²) in [5.74, 6) is 0.524. The number of benzene rings is 2. The Bertz CT molecular complexity index is 1740. The smallest absolute Gasteiger partial charge is 0.261 e. The van der Waals surface area contributed by atoms with Gasteiger partial charge in [-0.1, -0.05) is 39.2 Å². The fraction of sp³-hybridized carbons (Fsp3) is 0.382. The van der Waals surface area contributed by atoms with Crippen molar-refractivity contribution in [1.29, 1.82) is 0 Å². The fourth-order valence-electron chi connectivity index (χ4n) is 6.86. The molecule has 2 saturated carbocycles. The van der Waals surface area contributed by atoms with E-state index in [2.05, 4.69) is 44.8 Å². The minimum Gasteiger partial charge on any atom is -0.508 e. The number of nitrogens with zero attached hydrogens (tertiary/aromatic N) is 3. The Hall–Kier alpha value is -3.78. The summed E-state index contributed by atoms with van der Waals surface area (Å²) in [4.78, 5) is 29.9. The molecule has 216 valence electrons. The molecule has 0 unspecified atom stereocenters. The first-order valence-corrected chi connectivity index (χ1v) is 16.0. The summed E-state index contributed by atoms with van der Waals surface area (Å²) >= 11 is 1.42. The summed E-state index contributed by atoms with van der Waals surface area (Å²) in [7, 11) is 0. The minimum absolute atomic E-state index is 0.102. The molecule has 1 amide bonds. The van der Waals surface area contributed by atoms with E-state index in [1.54, 1.807) is 12.4 Å². The molecule has 0 saturated heterocycles. The largest absolute Gasteiger partial charge is 0.508 e. The maximum atomic E-state index is 13.2. The highest BCUT2D eigenvalue weighted by Gasteiger charge is 2.33. The Morgan fingerprint density at radius 3 is 2.62 bits per heavy atom. The summed E-state index contributed by atoms with van der Waals surface area (Å²) in [6.45, 7) is 4.64. The number of allylic oxidation sites excluding steroid dienone is 1. The van der Waals surface area contributed by atoms with E-state index < -0.39 is 0 Å². The van der Waals surface area contributed by atoms with Crippen LogP contribution in [0.15, 0.2) is 42.7 Å². The molecule has 2 aromatic heterocycles. The molecule has 4 aromatic rings. The fourth-order valence-corrected chi connectivity index (χ4v) is 7.32. The van der Waals surface area contributed by atoms with Crippen molar-refractivity contribution in [2.45, 2.75) is 82.5 Å². The summed E-state index contributed by atoms with van der Waals surface area (Å²) in [6.07, 6.45) is 12.9. The van der Waals surface area contributed by atoms with E-state index in [1.165, 1.54) is 42.2 Å². The molecular weight excluding hydrogens is 544 g/mol. The van der Waals surface area contributed by atoms with Crippen LogP contribution >= 0.6 is 11.9 Å². The van der Waals surface area contributed by atoms with Gasteiger partial charge in [-0.25, -0.2) is 4.98 Å². The first-order valence-electron chi connectivity index (χ1n) is 15.1. The third-order valence-corrected chi connectivity index (χ3v) is 9.67. The van der Waals surface area contributed by atoms with Gasteiger partial charge in [0.25, 0.3) is 5.91 Å². The number of fused-ring (bicyclic) bond motifs is 5. The number of amides is 1. The van der Waals surface area contributed by atoms with E-state index in [1.807, 2.05) is 24.3 Å². The molecule has 2 fully saturated rings. The van der Waals surface area contributed by atoms with Gasteiger partial charge in [0.15, 0.2) is 6.29 Å². The van der Waals surface area contributed by atoms with Crippen LogP contribution in [-0.2, 0) is 6.54 Å². The van der Waals surface area contributed by atoms with Gasteiger partial charge < -0.3 is 14.2 Å². The molecule has 1 aliphatic heterocycles. The highest BCUT2D eigenvalue weighted by Crippen LogP contribution is 2.48. The number of nitrogens with one attached hydrogen (secondary N) is 1. The molecule has 0 radical (unpaired) electrons. The zero-order valence-corrected chi connectivity index (χ0v) is 24.9. The Balaban J connectivity index is 1.48. The zero-order chi connectivity index (χ0) is 29.0.